The van der Waals surface area contributed by atoms with Gasteiger partial charge in [-0.2, -0.15) is 0 Å². The zero-order valence-electron chi connectivity index (χ0n) is 9.98. The fraction of sp³-hybridized carbons (Fsp3) is 0.125. The summed E-state index contributed by atoms with van der Waals surface area (Å²) in [5.74, 6) is 0.351. The summed E-state index contributed by atoms with van der Waals surface area (Å²) >= 11 is 0. The van der Waals surface area contributed by atoms with E-state index in [1.165, 1.54) is 5.56 Å². The van der Waals surface area contributed by atoms with E-state index in [4.69, 9.17) is 0 Å². The van der Waals surface area contributed by atoms with Crippen LogP contribution < -0.4 is 0 Å². The maximum Gasteiger partial charge on any atom is 0.119 e. The van der Waals surface area contributed by atoms with E-state index in [2.05, 4.69) is 18.7 Å². The van der Waals surface area contributed by atoms with Crippen LogP contribution in [0.25, 0.3) is 5.57 Å². The van der Waals surface area contributed by atoms with Crippen LogP contribution in [0.1, 0.15) is 23.6 Å². The fourth-order valence-electron chi connectivity index (χ4n) is 1.96. The number of phenols is 1. The Morgan fingerprint density at radius 3 is 2.24 bits per heavy atom. The Bertz CT molecular complexity index is 541. The summed E-state index contributed by atoms with van der Waals surface area (Å²) < 4.78 is 0. The Morgan fingerprint density at radius 2 is 1.59 bits per heavy atom. The van der Waals surface area contributed by atoms with Crippen molar-refractivity contribution < 1.29 is 5.11 Å². The van der Waals surface area contributed by atoms with Gasteiger partial charge in [0.2, 0.25) is 0 Å². The lowest BCUT2D eigenvalue weighted by Crippen LogP contribution is -1.93. The number of para-hydroxylation sites is 1. The van der Waals surface area contributed by atoms with Gasteiger partial charge < -0.3 is 5.11 Å². The summed E-state index contributed by atoms with van der Waals surface area (Å²) in [6.45, 7) is 5.99. The number of allylic oxidation sites excluding steroid dienone is 1. The molecule has 0 unspecified atom stereocenters. The van der Waals surface area contributed by atoms with E-state index in [1.807, 2.05) is 37.3 Å². The van der Waals surface area contributed by atoms with Crippen LogP contribution in [0.4, 0.5) is 0 Å². The molecule has 0 amide bonds. The van der Waals surface area contributed by atoms with Gasteiger partial charge in [0.05, 0.1) is 0 Å². The van der Waals surface area contributed by atoms with Gasteiger partial charge in [0.25, 0.3) is 0 Å². The van der Waals surface area contributed by atoms with Crippen molar-refractivity contribution in [1.82, 2.24) is 0 Å². The van der Waals surface area contributed by atoms with E-state index in [1.54, 1.807) is 6.07 Å². The smallest absolute Gasteiger partial charge is 0.119 e. The molecule has 0 bridgehead atoms. The number of hydrogen-bond donors (Lipinski definition) is 1. The molecule has 17 heavy (non-hydrogen) atoms. The molecule has 0 spiro atoms. The fourth-order valence-corrected chi connectivity index (χ4v) is 1.96. The van der Waals surface area contributed by atoms with E-state index in [-0.39, 0.29) is 0 Å². The zero-order chi connectivity index (χ0) is 12.3. The Morgan fingerprint density at radius 1 is 1.00 bits per heavy atom. The molecule has 2 aromatic carbocycles. The van der Waals surface area contributed by atoms with Crippen molar-refractivity contribution in [3.63, 3.8) is 0 Å². The molecule has 0 aliphatic rings. The predicted octanol–water partition coefficient (Wildman–Crippen LogP) is 4.02. The van der Waals surface area contributed by atoms with Crippen molar-refractivity contribution >= 4 is 5.57 Å². The van der Waals surface area contributed by atoms with Crippen molar-refractivity contribution in [3.8, 4) is 5.75 Å². The van der Waals surface area contributed by atoms with Crippen LogP contribution in [0.3, 0.4) is 0 Å². The van der Waals surface area contributed by atoms with Gasteiger partial charge in [-0.3, -0.25) is 0 Å². The van der Waals surface area contributed by atoms with Crippen LogP contribution in [0.15, 0.2) is 55.1 Å². The first-order chi connectivity index (χ1) is 8.18. The molecule has 0 fully saturated rings. The highest BCUT2D eigenvalue weighted by atomic mass is 16.3. The molecule has 1 N–H and O–H groups in total. The summed E-state index contributed by atoms with van der Waals surface area (Å²) in [4.78, 5) is 0. The Hall–Kier alpha value is -2.02. The molecular formula is C16H16O. The highest BCUT2D eigenvalue weighted by Gasteiger charge is 2.06. The lowest BCUT2D eigenvalue weighted by atomic mass is 9.96. The molecule has 1 nitrogen and oxygen atoms in total. The SMILES string of the molecule is C=C(C)c1ccccc1Cc1ccccc1O. The van der Waals surface area contributed by atoms with E-state index < -0.39 is 0 Å². The van der Waals surface area contributed by atoms with Gasteiger partial charge >= 0.3 is 0 Å². The van der Waals surface area contributed by atoms with Crippen LogP contribution in [0.2, 0.25) is 0 Å². The molecule has 0 saturated carbocycles. The molecule has 0 aliphatic heterocycles. The van der Waals surface area contributed by atoms with Crippen LogP contribution in [0.5, 0.6) is 5.75 Å². The van der Waals surface area contributed by atoms with Crippen LogP contribution in [-0.2, 0) is 6.42 Å². The lowest BCUT2D eigenvalue weighted by Gasteiger charge is -2.10. The largest absolute Gasteiger partial charge is 0.508 e. The molecule has 0 aliphatic carbocycles. The highest BCUT2D eigenvalue weighted by Crippen LogP contribution is 2.24. The van der Waals surface area contributed by atoms with Gasteiger partial charge in [-0.25, -0.2) is 0 Å². The standard InChI is InChI=1S/C16H16O/c1-12(2)15-9-5-3-7-13(15)11-14-8-4-6-10-16(14)17/h3-10,17H,1,11H2,2H3. The second-order valence-corrected chi connectivity index (χ2v) is 4.24. The molecule has 0 saturated heterocycles. The minimum atomic E-state index is 0.351. The molecule has 2 rings (SSSR count). The van der Waals surface area contributed by atoms with Crippen LogP contribution >= 0.6 is 0 Å². The number of rotatable bonds is 3. The Labute approximate surface area is 102 Å². The minimum absolute atomic E-state index is 0.351. The van der Waals surface area contributed by atoms with Crippen molar-refractivity contribution in [2.45, 2.75) is 13.3 Å². The summed E-state index contributed by atoms with van der Waals surface area (Å²) in [5.41, 5.74) is 4.36. The summed E-state index contributed by atoms with van der Waals surface area (Å²) in [5, 5.41) is 9.78. The van der Waals surface area contributed by atoms with Crippen LogP contribution in [0, 0.1) is 0 Å². The van der Waals surface area contributed by atoms with Crippen LogP contribution in [-0.4, -0.2) is 5.11 Å². The third-order valence-corrected chi connectivity index (χ3v) is 2.85. The van der Waals surface area contributed by atoms with Gasteiger partial charge in [-0.15, -0.1) is 0 Å². The topological polar surface area (TPSA) is 20.2 Å². The van der Waals surface area contributed by atoms with Crippen molar-refractivity contribution in [2.24, 2.45) is 0 Å². The summed E-state index contributed by atoms with van der Waals surface area (Å²) in [7, 11) is 0. The van der Waals surface area contributed by atoms with E-state index in [9.17, 15) is 5.11 Å². The van der Waals surface area contributed by atoms with E-state index in [0.29, 0.717) is 5.75 Å². The normalized spacial score (nSPS) is 10.2. The lowest BCUT2D eigenvalue weighted by molar-refractivity contribution is 0.469. The molecule has 0 aromatic heterocycles. The monoisotopic (exact) mass is 224 g/mol. The Kier molecular flexibility index (Phi) is 3.29. The first kappa shape index (κ1) is 11.5. The van der Waals surface area contributed by atoms with Crippen molar-refractivity contribution in [3.05, 3.63) is 71.8 Å². The number of phenolic OH excluding ortho intramolecular Hbond substituents is 1. The summed E-state index contributed by atoms with van der Waals surface area (Å²) in [6.07, 6.45) is 0.732. The molecule has 0 radical (unpaired) electrons. The molecular weight excluding hydrogens is 208 g/mol. The minimum Gasteiger partial charge on any atom is -0.508 e. The number of benzene rings is 2. The van der Waals surface area contributed by atoms with Gasteiger partial charge in [-0.05, 0) is 29.7 Å². The number of aromatic hydroxyl groups is 1. The Balaban J connectivity index is 2.37. The van der Waals surface area contributed by atoms with Crippen molar-refractivity contribution in [2.75, 3.05) is 0 Å². The number of hydrogen-bond acceptors (Lipinski definition) is 1. The summed E-state index contributed by atoms with van der Waals surface area (Å²) in [6, 6.07) is 15.6. The molecule has 1 heteroatoms. The quantitative estimate of drug-likeness (QED) is 0.835. The average molecular weight is 224 g/mol. The first-order valence-corrected chi connectivity index (χ1v) is 5.69. The van der Waals surface area contributed by atoms with E-state index >= 15 is 0 Å². The van der Waals surface area contributed by atoms with Gasteiger partial charge in [0.1, 0.15) is 5.75 Å². The third kappa shape index (κ3) is 2.56. The second kappa shape index (κ2) is 4.88. The second-order valence-electron chi connectivity index (χ2n) is 4.24. The van der Waals surface area contributed by atoms with Crippen molar-refractivity contribution in [1.29, 1.82) is 0 Å². The molecule has 0 heterocycles. The highest BCUT2D eigenvalue weighted by molar-refractivity contribution is 5.65. The van der Waals surface area contributed by atoms with Gasteiger partial charge in [-0.1, -0.05) is 54.6 Å². The zero-order valence-corrected chi connectivity index (χ0v) is 9.98. The van der Waals surface area contributed by atoms with E-state index in [0.717, 1.165) is 23.1 Å². The third-order valence-electron chi connectivity index (χ3n) is 2.85. The maximum absolute atomic E-state index is 9.78. The first-order valence-electron chi connectivity index (χ1n) is 5.69. The van der Waals surface area contributed by atoms with Gasteiger partial charge in [0.15, 0.2) is 0 Å². The predicted molar refractivity (Wildman–Crippen MR) is 72.1 cm³/mol. The van der Waals surface area contributed by atoms with Gasteiger partial charge in [0, 0.05) is 6.42 Å². The average Bonchev–Trinajstić information content (AvgIpc) is 2.32. The molecule has 86 valence electrons. The molecule has 0 atom stereocenters. The maximum atomic E-state index is 9.78. The molecule has 2 aromatic rings.